The van der Waals surface area contributed by atoms with Gasteiger partial charge in [-0.15, -0.1) is 0 Å². The number of nitrogens with zero attached hydrogens (tertiary/aromatic N) is 1. The quantitative estimate of drug-likeness (QED) is 0.374. The third-order valence-corrected chi connectivity index (χ3v) is 6.28. The van der Waals surface area contributed by atoms with Crippen molar-refractivity contribution < 1.29 is 14.4 Å². The van der Waals surface area contributed by atoms with Gasteiger partial charge in [0.05, 0.1) is 7.11 Å². The molecule has 164 valence electrons. The van der Waals surface area contributed by atoms with Crippen molar-refractivity contribution in [2.45, 2.75) is 13.0 Å². The largest absolute Gasteiger partial charge is 0.497 e. The van der Waals surface area contributed by atoms with Gasteiger partial charge in [0.2, 0.25) is 0 Å². The summed E-state index contributed by atoms with van der Waals surface area (Å²) in [6, 6.07) is 27.2. The summed E-state index contributed by atoms with van der Waals surface area (Å²) < 4.78 is 5.28. The smallest absolute Gasteiger partial charge is 0.181 e. The van der Waals surface area contributed by atoms with E-state index in [1.165, 1.54) is 0 Å². The molecule has 1 aromatic heterocycles. The molecule has 0 amide bonds. The number of ketones is 1. The molecule has 0 saturated heterocycles. The molecule has 3 aromatic carbocycles. The first-order valence-electron chi connectivity index (χ1n) is 10.8. The lowest BCUT2D eigenvalue weighted by molar-refractivity contribution is 0.0279. The van der Waals surface area contributed by atoms with Crippen LogP contribution in [-0.2, 0) is 4.84 Å². The van der Waals surface area contributed by atoms with Crippen molar-refractivity contribution in [1.82, 2.24) is 4.98 Å². The van der Waals surface area contributed by atoms with Crippen LogP contribution in [0.3, 0.4) is 0 Å². The van der Waals surface area contributed by atoms with E-state index in [2.05, 4.69) is 10.1 Å². The van der Waals surface area contributed by atoms with Crippen LogP contribution in [-0.4, -0.2) is 23.6 Å². The van der Waals surface area contributed by atoms with Crippen LogP contribution in [0.5, 0.6) is 5.75 Å². The van der Waals surface area contributed by atoms with Gasteiger partial charge in [-0.2, -0.15) is 0 Å². The molecular weight excluding hydrogens is 412 g/mol. The second-order valence-corrected chi connectivity index (χ2v) is 8.24. The highest BCUT2D eigenvalue weighted by molar-refractivity contribution is 6.24. The molecule has 0 saturated carbocycles. The molecule has 1 N–H and O–H groups in total. The van der Waals surface area contributed by atoms with Crippen LogP contribution >= 0.6 is 0 Å². The fourth-order valence-electron chi connectivity index (χ4n) is 4.47. The lowest BCUT2D eigenvalue weighted by Crippen LogP contribution is -2.39. The van der Waals surface area contributed by atoms with Gasteiger partial charge in [0.25, 0.3) is 0 Å². The second-order valence-electron chi connectivity index (χ2n) is 8.24. The highest BCUT2D eigenvalue weighted by atomic mass is 16.6. The molecule has 2 heterocycles. The van der Waals surface area contributed by atoms with E-state index in [1.807, 2.05) is 98.0 Å². The van der Waals surface area contributed by atoms with E-state index in [0.717, 1.165) is 28.0 Å². The number of rotatable bonds is 6. The number of ether oxygens (including phenoxy) is 1. The Morgan fingerprint density at radius 1 is 0.909 bits per heavy atom. The zero-order valence-electron chi connectivity index (χ0n) is 18.5. The van der Waals surface area contributed by atoms with Crippen molar-refractivity contribution >= 4 is 11.5 Å². The number of nitrogens with one attached hydrogen (secondary N) is 1. The zero-order chi connectivity index (χ0) is 22.8. The molecule has 0 aliphatic carbocycles. The maximum atomic E-state index is 14.3. The molecule has 1 aliphatic heterocycles. The summed E-state index contributed by atoms with van der Waals surface area (Å²) >= 11 is 0. The Kier molecular flexibility index (Phi) is 5.31. The average molecular weight is 437 g/mol. The zero-order valence-corrected chi connectivity index (χ0v) is 18.5. The highest BCUT2D eigenvalue weighted by Crippen LogP contribution is 2.48. The SMILES string of the molecule is COc1ccc(-c2c[nH]cc2C(=O)C2(C)C(c3ccccc3)=NOC2c2ccccc2)cc1. The minimum atomic E-state index is -1.02. The third-order valence-electron chi connectivity index (χ3n) is 6.28. The summed E-state index contributed by atoms with van der Waals surface area (Å²) in [5.74, 6) is 0.712. The number of H-pyrrole nitrogens is 1. The van der Waals surface area contributed by atoms with Gasteiger partial charge < -0.3 is 14.6 Å². The first-order chi connectivity index (χ1) is 16.1. The number of oxime groups is 1. The molecule has 0 bridgehead atoms. The van der Waals surface area contributed by atoms with Gasteiger partial charge >= 0.3 is 0 Å². The molecule has 5 heteroatoms. The number of hydrogen-bond donors (Lipinski definition) is 1. The number of carbonyl (C=O) groups is 1. The molecule has 0 radical (unpaired) electrons. The van der Waals surface area contributed by atoms with Crippen LogP contribution < -0.4 is 4.74 Å². The number of hydrogen-bond acceptors (Lipinski definition) is 4. The maximum Gasteiger partial charge on any atom is 0.181 e. The number of methoxy groups -OCH3 is 1. The lowest BCUT2D eigenvalue weighted by Gasteiger charge is -2.29. The third kappa shape index (κ3) is 3.52. The number of aromatic nitrogens is 1. The molecule has 1 aliphatic rings. The Hall–Kier alpha value is -4.12. The number of carbonyl (C=O) groups excluding carboxylic acids is 1. The van der Waals surface area contributed by atoms with Gasteiger partial charge in [-0.05, 0) is 30.2 Å². The second kappa shape index (κ2) is 8.43. The predicted octanol–water partition coefficient (Wildman–Crippen LogP) is 6.06. The summed E-state index contributed by atoms with van der Waals surface area (Å²) in [6.45, 7) is 1.93. The minimum absolute atomic E-state index is 0.0523. The average Bonchev–Trinajstić information content (AvgIpc) is 3.50. The standard InChI is InChI=1S/C28H24N2O3/c1-28(26(31)24-18-29-17-23(24)19-13-15-22(32-2)16-14-19)25(20-9-5-3-6-10-20)30-33-27(28)21-11-7-4-8-12-21/h3-18,27,29H,1-2H3. The van der Waals surface area contributed by atoms with Crippen LogP contribution in [0.1, 0.15) is 34.5 Å². The Balaban J connectivity index is 1.62. The highest BCUT2D eigenvalue weighted by Gasteiger charge is 2.53. The van der Waals surface area contributed by atoms with Crippen molar-refractivity contribution in [3.63, 3.8) is 0 Å². The van der Waals surface area contributed by atoms with E-state index >= 15 is 0 Å². The van der Waals surface area contributed by atoms with Gasteiger partial charge in [0, 0.05) is 29.1 Å². The summed E-state index contributed by atoms with van der Waals surface area (Å²) in [4.78, 5) is 23.4. The fourth-order valence-corrected chi connectivity index (χ4v) is 4.47. The van der Waals surface area contributed by atoms with Gasteiger partial charge in [-0.1, -0.05) is 78.0 Å². The number of Topliss-reactive ketones (excluding diaryl/α,β-unsaturated/α-hetero) is 1. The summed E-state index contributed by atoms with van der Waals surface area (Å²) in [5.41, 5.74) is 3.73. The van der Waals surface area contributed by atoms with E-state index in [4.69, 9.17) is 9.57 Å². The van der Waals surface area contributed by atoms with Crippen LogP contribution in [0.2, 0.25) is 0 Å². The minimum Gasteiger partial charge on any atom is -0.497 e. The van der Waals surface area contributed by atoms with Crippen molar-refractivity contribution in [3.8, 4) is 16.9 Å². The predicted molar refractivity (Wildman–Crippen MR) is 128 cm³/mol. The molecule has 4 aromatic rings. The topological polar surface area (TPSA) is 63.7 Å². The first-order valence-corrected chi connectivity index (χ1v) is 10.8. The monoisotopic (exact) mass is 436 g/mol. The first kappa shape index (κ1) is 20.8. The molecule has 33 heavy (non-hydrogen) atoms. The molecule has 2 atom stereocenters. The van der Waals surface area contributed by atoms with E-state index < -0.39 is 11.5 Å². The van der Waals surface area contributed by atoms with Crippen LogP contribution in [0, 0.1) is 5.41 Å². The fraction of sp³-hybridized carbons (Fsp3) is 0.143. The Morgan fingerprint density at radius 3 is 2.24 bits per heavy atom. The van der Waals surface area contributed by atoms with Crippen LogP contribution in [0.15, 0.2) is 102 Å². The van der Waals surface area contributed by atoms with Gasteiger partial charge in [0.15, 0.2) is 11.9 Å². The maximum absolute atomic E-state index is 14.3. The van der Waals surface area contributed by atoms with E-state index in [1.54, 1.807) is 13.3 Å². The molecule has 0 spiro atoms. The molecule has 0 fully saturated rings. The van der Waals surface area contributed by atoms with Crippen LogP contribution in [0.4, 0.5) is 0 Å². The Morgan fingerprint density at radius 2 is 1.58 bits per heavy atom. The van der Waals surface area contributed by atoms with E-state index in [-0.39, 0.29) is 5.78 Å². The number of aromatic amines is 1. The van der Waals surface area contributed by atoms with Gasteiger partial charge in [-0.25, -0.2) is 0 Å². The molecule has 5 nitrogen and oxygen atoms in total. The van der Waals surface area contributed by atoms with Crippen molar-refractivity contribution in [3.05, 3.63) is 114 Å². The van der Waals surface area contributed by atoms with Crippen molar-refractivity contribution in [1.29, 1.82) is 0 Å². The Labute approximate surface area is 192 Å². The van der Waals surface area contributed by atoms with Crippen molar-refractivity contribution in [2.24, 2.45) is 10.6 Å². The number of benzene rings is 3. The summed E-state index contributed by atoms with van der Waals surface area (Å²) in [7, 11) is 1.63. The molecule has 5 rings (SSSR count). The lowest BCUT2D eigenvalue weighted by atomic mass is 9.69. The van der Waals surface area contributed by atoms with E-state index in [0.29, 0.717) is 11.3 Å². The van der Waals surface area contributed by atoms with E-state index in [9.17, 15) is 4.79 Å². The van der Waals surface area contributed by atoms with Crippen LogP contribution in [0.25, 0.3) is 11.1 Å². The van der Waals surface area contributed by atoms with Crippen molar-refractivity contribution in [2.75, 3.05) is 7.11 Å². The summed E-state index contributed by atoms with van der Waals surface area (Å²) in [5, 5.41) is 4.44. The Bertz CT molecular complexity index is 1290. The molecular formula is C28H24N2O3. The normalized spacial score (nSPS) is 19.6. The summed E-state index contributed by atoms with van der Waals surface area (Å²) in [6.07, 6.45) is 3.07. The molecule has 2 unspecified atom stereocenters. The van der Waals surface area contributed by atoms with Gasteiger partial charge in [-0.3, -0.25) is 4.79 Å². The van der Waals surface area contributed by atoms with Gasteiger partial charge in [0.1, 0.15) is 16.9 Å².